The maximum Gasteiger partial charge on any atom is 0.290 e. The van der Waals surface area contributed by atoms with Crippen LogP contribution in [0.5, 0.6) is 5.88 Å². The van der Waals surface area contributed by atoms with Crippen LogP contribution in [0.1, 0.15) is 41.8 Å². The lowest BCUT2D eigenvalue weighted by Crippen LogP contribution is -2.39. The Bertz CT molecular complexity index is 683. The molecule has 118 valence electrons. The quantitative estimate of drug-likeness (QED) is 0.927. The molecule has 7 heteroatoms. The van der Waals surface area contributed by atoms with Crippen molar-refractivity contribution >= 4 is 5.91 Å². The molecule has 0 aliphatic heterocycles. The molecular weight excluding hydrogens is 296 g/mol. The van der Waals surface area contributed by atoms with Crippen molar-refractivity contribution in [1.82, 2.24) is 15.5 Å². The van der Waals surface area contributed by atoms with Crippen molar-refractivity contribution in [3.05, 3.63) is 41.9 Å². The molecule has 0 bridgehead atoms. The molecule has 0 radical (unpaired) electrons. The molecule has 1 aliphatic carbocycles. The number of pyridine rings is 1. The standard InChI is InChI=1S/C16H16N4O3/c17-9-11-1-6-15(18-10-11)22-13-4-2-12(3-5-13)20-16(21)14-7-8-19-23-14/h1,6-8,10,12-13H,2-5H2,(H,20,21). The first-order valence-electron chi connectivity index (χ1n) is 7.49. The smallest absolute Gasteiger partial charge is 0.290 e. The number of ether oxygens (including phenoxy) is 1. The van der Waals surface area contributed by atoms with E-state index in [1.54, 1.807) is 18.2 Å². The minimum Gasteiger partial charge on any atom is -0.474 e. The Balaban J connectivity index is 1.46. The second-order valence-electron chi connectivity index (χ2n) is 5.44. The number of nitrogens with zero attached hydrogens (tertiary/aromatic N) is 3. The summed E-state index contributed by atoms with van der Waals surface area (Å²) in [5.74, 6) is 0.518. The van der Waals surface area contributed by atoms with Gasteiger partial charge in [0, 0.05) is 24.4 Å². The molecule has 1 amide bonds. The molecule has 1 fully saturated rings. The second-order valence-corrected chi connectivity index (χ2v) is 5.44. The first-order valence-corrected chi connectivity index (χ1v) is 7.49. The van der Waals surface area contributed by atoms with Gasteiger partial charge in [-0.3, -0.25) is 4.79 Å². The van der Waals surface area contributed by atoms with Gasteiger partial charge in [-0.15, -0.1) is 0 Å². The molecule has 1 N–H and O–H groups in total. The Morgan fingerprint density at radius 3 is 2.74 bits per heavy atom. The van der Waals surface area contributed by atoms with E-state index in [2.05, 4.69) is 15.5 Å². The summed E-state index contributed by atoms with van der Waals surface area (Å²) < 4.78 is 10.7. The highest BCUT2D eigenvalue weighted by Gasteiger charge is 2.25. The molecule has 0 aromatic carbocycles. The van der Waals surface area contributed by atoms with Gasteiger partial charge < -0.3 is 14.6 Å². The van der Waals surface area contributed by atoms with Crippen LogP contribution in [0.25, 0.3) is 0 Å². The Labute approximate surface area is 133 Å². The maximum atomic E-state index is 11.9. The maximum absolute atomic E-state index is 11.9. The van der Waals surface area contributed by atoms with Crippen LogP contribution in [-0.2, 0) is 0 Å². The summed E-state index contributed by atoms with van der Waals surface area (Å²) >= 11 is 0. The third-order valence-corrected chi connectivity index (χ3v) is 3.82. The first kappa shape index (κ1) is 15.0. The van der Waals surface area contributed by atoms with E-state index in [4.69, 9.17) is 14.5 Å². The van der Waals surface area contributed by atoms with Crippen LogP contribution in [-0.4, -0.2) is 28.2 Å². The van der Waals surface area contributed by atoms with E-state index in [0.29, 0.717) is 11.4 Å². The predicted molar refractivity (Wildman–Crippen MR) is 79.6 cm³/mol. The van der Waals surface area contributed by atoms with Crippen LogP contribution in [0.3, 0.4) is 0 Å². The molecule has 0 saturated heterocycles. The Hall–Kier alpha value is -2.88. The van der Waals surface area contributed by atoms with E-state index in [-0.39, 0.29) is 23.8 Å². The van der Waals surface area contributed by atoms with Crippen molar-refractivity contribution in [2.24, 2.45) is 0 Å². The molecule has 0 atom stereocenters. The predicted octanol–water partition coefficient (Wildman–Crippen LogP) is 2.06. The van der Waals surface area contributed by atoms with Gasteiger partial charge in [0.15, 0.2) is 0 Å². The van der Waals surface area contributed by atoms with E-state index < -0.39 is 0 Å². The lowest BCUT2D eigenvalue weighted by molar-refractivity contribution is 0.0855. The molecule has 2 aromatic rings. The Morgan fingerprint density at radius 1 is 1.30 bits per heavy atom. The van der Waals surface area contributed by atoms with Crippen LogP contribution in [0.4, 0.5) is 0 Å². The molecule has 1 aliphatic rings. The highest BCUT2D eigenvalue weighted by molar-refractivity contribution is 5.91. The van der Waals surface area contributed by atoms with E-state index >= 15 is 0 Å². The average molecular weight is 312 g/mol. The number of rotatable bonds is 4. The summed E-state index contributed by atoms with van der Waals surface area (Å²) in [5, 5.41) is 15.2. The van der Waals surface area contributed by atoms with Crippen LogP contribution in [0, 0.1) is 11.3 Å². The molecule has 3 rings (SSSR count). The molecular formula is C16H16N4O3. The van der Waals surface area contributed by atoms with Gasteiger partial charge in [-0.25, -0.2) is 4.98 Å². The highest BCUT2D eigenvalue weighted by Crippen LogP contribution is 2.23. The number of aromatic nitrogens is 2. The number of carbonyl (C=O) groups excluding carboxylic acids is 1. The van der Waals surface area contributed by atoms with Crippen molar-refractivity contribution in [2.45, 2.75) is 37.8 Å². The van der Waals surface area contributed by atoms with Gasteiger partial charge >= 0.3 is 0 Å². The fourth-order valence-electron chi connectivity index (χ4n) is 2.60. The lowest BCUT2D eigenvalue weighted by Gasteiger charge is -2.28. The SMILES string of the molecule is N#Cc1ccc(OC2CCC(NC(=O)c3ccno3)CC2)nc1. The largest absolute Gasteiger partial charge is 0.474 e. The second kappa shape index (κ2) is 6.92. The van der Waals surface area contributed by atoms with Gasteiger partial charge in [0.25, 0.3) is 5.91 Å². The van der Waals surface area contributed by atoms with E-state index in [1.807, 2.05) is 6.07 Å². The monoisotopic (exact) mass is 312 g/mol. The molecule has 0 spiro atoms. The first-order chi connectivity index (χ1) is 11.2. The van der Waals surface area contributed by atoms with Crippen molar-refractivity contribution in [1.29, 1.82) is 5.26 Å². The van der Waals surface area contributed by atoms with Gasteiger partial charge in [-0.05, 0) is 31.7 Å². The zero-order valence-corrected chi connectivity index (χ0v) is 12.4. The van der Waals surface area contributed by atoms with Crippen LogP contribution in [0.2, 0.25) is 0 Å². The average Bonchev–Trinajstić information content (AvgIpc) is 3.12. The summed E-state index contributed by atoms with van der Waals surface area (Å²) in [6, 6.07) is 7.07. The molecule has 2 aromatic heterocycles. The molecule has 7 nitrogen and oxygen atoms in total. The number of nitriles is 1. The Morgan fingerprint density at radius 2 is 2.13 bits per heavy atom. The van der Waals surface area contributed by atoms with Crippen molar-refractivity contribution in [3.63, 3.8) is 0 Å². The number of nitrogens with one attached hydrogen (secondary N) is 1. The van der Waals surface area contributed by atoms with Crippen LogP contribution in [0.15, 0.2) is 35.1 Å². The summed E-state index contributed by atoms with van der Waals surface area (Å²) in [6.07, 6.45) is 6.37. The zero-order valence-electron chi connectivity index (χ0n) is 12.4. The number of amides is 1. The number of carbonyl (C=O) groups is 1. The number of hydrogen-bond donors (Lipinski definition) is 1. The van der Waals surface area contributed by atoms with Crippen LogP contribution >= 0.6 is 0 Å². The summed E-state index contributed by atoms with van der Waals surface area (Å²) in [6.45, 7) is 0. The van der Waals surface area contributed by atoms with Gasteiger partial charge in [0.2, 0.25) is 11.6 Å². The number of hydrogen-bond acceptors (Lipinski definition) is 6. The van der Waals surface area contributed by atoms with E-state index in [1.165, 1.54) is 12.4 Å². The fraction of sp³-hybridized carbons (Fsp3) is 0.375. The third kappa shape index (κ3) is 3.86. The fourth-order valence-corrected chi connectivity index (χ4v) is 2.60. The van der Waals surface area contributed by atoms with Crippen molar-refractivity contribution in [2.75, 3.05) is 0 Å². The van der Waals surface area contributed by atoms with Crippen LogP contribution < -0.4 is 10.1 Å². The molecule has 2 heterocycles. The summed E-state index contributed by atoms with van der Waals surface area (Å²) in [7, 11) is 0. The van der Waals surface area contributed by atoms with E-state index in [9.17, 15) is 4.79 Å². The van der Waals surface area contributed by atoms with E-state index in [0.717, 1.165) is 25.7 Å². The highest BCUT2D eigenvalue weighted by atomic mass is 16.5. The van der Waals surface area contributed by atoms with Crippen molar-refractivity contribution in [3.8, 4) is 11.9 Å². The third-order valence-electron chi connectivity index (χ3n) is 3.82. The van der Waals surface area contributed by atoms with Gasteiger partial charge in [0.1, 0.15) is 12.2 Å². The molecule has 23 heavy (non-hydrogen) atoms. The van der Waals surface area contributed by atoms with Crippen molar-refractivity contribution < 1.29 is 14.1 Å². The summed E-state index contributed by atoms with van der Waals surface area (Å²) in [4.78, 5) is 16.0. The van der Waals surface area contributed by atoms with Gasteiger partial charge in [-0.2, -0.15) is 5.26 Å². The topological polar surface area (TPSA) is 101 Å². The van der Waals surface area contributed by atoms with Gasteiger partial charge in [0.05, 0.1) is 11.8 Å². The minimum absolute atomic E-state index is 0.0777. The molecule has 1 saturated carbocycles. The molecule has 0 unspecified atom stereocenters. The Kier molecular flexibility index (Phi) is 4.52. The van der Waals surface area contributed by atoms with Gasteiger partial charge in [-0.1, -0.05) is 5.16 Å². The lowest BCUT2D eigenvalue weighted by atomic mass is 9.93. The zero-order chi connectivity index (χ0) is 16.1. The summed E-state index contributed by atoms with van der Waals surface area (Å²) in [5.41, 5.74) is 0.510. The minimum atomic E-state index is -0.236. The normalized spacial score (nSPS) is 20.5.